The Kier molecular flexibility index (Phi) is 6.34. The molecule has 1 atom stereocenters. The first-order valence-electron chi connectivity index (χ1n) is 5.89. The zero-order valence-electron chi connectivity index (χ0n) is 11.7. The van der Waals surface area contributed by atoms with Gasteiger partial charge in [0.25, 0.3) is 5.91 Å². The highest BCUT2D eigenvalue weighted by Gasteiger charge is 2.29. The molecule has 0 spiro atoms. The Morgan fingerprint density at radius 1 is 1.50 bits per heavy atom. The average Bonchev–Trinajstić information content (AvgIpc) is 2.59. The van der Waals surface area contributed by atoms with Gasteiger partial charge in [0.2, 0.25) is 0 Å². The number of carbonyl (C=O) groups excluding carboxylic acids is 1. The quantitative estimate of drug-likeness (QED) is 0.896. The van der Waals surface area contributed by atoms with Crippen molar-refractivity contribution in [3.63, 3.8) is 0 Å². The van der Waals surface area contributed by atoms with Crippen molar-refractivity contribution < 1.29 is 4.79 Å². The van der Waals surface area contributed by atoms with Crippen LogP contribution in [-0.2, 0) is 0 Å². The number of aryl methyl sites for hydroxylation is 2. The molecule has 1 amide bonds. The van der Waals surface area contributed by atoms with Crippen LogP contribution in [0.25, 0.3) is 0 Å². The second-order valence-electron chi connectivity index (χ2n) is 5.08. The summed E-state index contributed by atoms with van der Waals surface area (Å²) in [6.45, 7) is 10.6. The summed E-state index contributed by atoms with van der Waals surface area (Å²) in [5.74, 6) is 0.284. The minimum absolute atomic E-state index is 0. The van der Waals surface area contributed by atoms with E-state index in [1.807, 2.05) is 26.8 Å². The van der Waals surface area contributed by atoms with Gasteiger partial charge in [0.15, 0.2) is 0 Å². The fourth-order valence-electron chi connectivity index (χ4n) is 1.44. The van der Waals surface area contributed by atoms with Crippen LogP contribution < -0.4 is 11.1 Å². The molecule has 1 rings (SSSR count). The van der Waals surface area contributed by atoms with Gasteiger partial charge in [-0.15, -0.1) is 23.7 Å². The van der Waals surface area contributed by atoms with Crippen LogP contribution in [0, 0.1) is 19.8 Å². The molecule has 0 radical (unpaired) electrons. The highest BCUT2D eigenvalue weighted by Crippen LogP contribution is 2.22. The topological polar surface area (TPSA) is 55.1 Å². The second kappa shape index (κ2) is 6.55. The maximum Gasteiger partial charge on any atom is 0.261 e. The molecule has 1 aromatic rings. The van der Waals surface area contributed by atoms with Gasteiger partial charge in [-0.25, -0.2) is 0 Å². The monoisotopic (exact) mass is 290 g/mol. The zero-order valence-corrected chi connectivity index (χ0v) is 13.3. The first kappa shape index (κ1) is 17.4. The lowest BCUT2D eigenvalue weighted by atomic mass is 9.88. The highest BCUT2D eigenvalue weighted by atomic mass is 35.5. The van der Waals surface area contributed by atoms with E-state index in [4.69, 9.17) is 5.73 Å². The molecule has 0 aliphatic heterocycles. The zero-order chi connectivity index (χ0) is 13.2. The first-order valence-corrected chi connectivity index (χ1v) is 6.71. The minimum atomic E-state index is -0.344. The van der Waals surface area contributed by atoms with Crippen molar-refractivity contribution >= 4 is 29.7 Å². The predicted molar refractivity (Wildman–Crippen MR) is 80.8 cm³/mol. The van der Waals surface area contributed by atoms with Gasteiger partial charge in [0, 0.05) is 11.4 Å². The molecule has 0 aliphatic rings. The number of rotatable bonds is 4. The molecule has 104 valence electrons. The Hall–Kier alpha value is -0.580. The van der Waals surface area contributed by atoms with Gasteiger partial charge in [0.05, 0.1) is 10.4 Å². The summed E-state index contributed by atoms with van der Waals surface area (Å²) >= 11 is 1.53. The lowest BCUT2D eigenvalue weighted by Gasteiger charge is -2.33. The average molecular weight is 291 g/mol. The summed E-state index contributed by atoms with van der Waals surface area (Å²) in [5, 5.41) is 3.05. The van der Waals surface area contributed by atoms with Crippen LogP contribution in [0.5, 0.6) is 0 Å². The molecule has 0 saturated heterocycles. The Morgan fingerprint density at radius 3 is 2.39 bits per heavy atom. The molecule has 18 heavy (non-hydrogen) atoms. The number of amides is 1. The van der Waals surface area contributed by atoms with E-state index in [1.165, 1.54) is 21.8 Å². The maximum atomic E-state index is 12.1. The number of hydrogen-bond acceptors (Lipinski definition) is 3. The van der Waals surface area contributed by atoms with E-state index >= 15 is 0 Å². The van der Waals surface area contributed by atoms with Gasteiger partial charge in [-0.1, -0.05) is 13.8 Å². The lowest BCUT2D eigenvalue weighted by Crippen LogP contribution is -2.54. The molecule has 1 heterocycles. The second-order valence-corrected chi connectivity index (χ2v) is 6.34. The van der Waals surface area contributed by atoms with Gasteiger partial charge in [-0.3, -0.25) is 4.79 Å². The van der Waals surface area contributed by atoms with Gasteiger partial charge in [-0.05, 0) is 38.3 Å². The minimum Gasteiger partial charge on any atom is -0.345 e. The summed E-state index contributed by atoms with van der Waals surface area (Å²) in [4.78, 5) is 14.1. The summed E-state index contributed by atoms with van der Waals surface area (Å²) < 4.78 is 0. The van der Waals surface area contributed by atoms with Crippen molar-refractivity contribution in [2.45, 2.75) is 40.2 Å². The van der Waals surface area contributed by atoms with Gasteiger partial charge in [-0.2, -0.15) is 0 Å². The molecular formula is C13H23ClN2OS. The van der Waals surface area contributed by atoms with Crippen LogP contribution in [0.1, 0.15) is 40.9 Å². The third-order valence-corrected chi connectivity index (χ3v) is 4.64. The Bertz CT molecular complexity index is 398. The standard InChI is InChI=1S/C13H22N2OS.ClH/c1-8(2)13(5,7-14)15-12(16)11-6-9(3)10(4)17-11;/h6,8H,7,14H2,1-5H3,(H,15,16);1H. The molecule has 0 bridgehead atoms. The molecule has 0 aliphatic carbocycles. The SMILES string of the molecule is Cc1cc(C(=O)NC(C)(CN)C(C)C)sc1C.Cl. The van der Waals surface area contributed by atoms with Crippen LogP contribution in [0.3, 0.4) is 0 Å². The molecule has 1 aromatic heterocycles. The van der Waals surface area contributed by atoms with Gasteiger partial charge in [0.1, 0.15) is 0 Å². The fourth-order valence-corrected chi connectivity index (χ4v) is 2.37. The van der Waals surface area contributed by atoms with E-state index in [-0.39, 0.29) is 23.9 Å². The predicted octanol–water partition coefficient (Wildman–Crippen LogP) is 2.89. The first-order chi connectivity index (χ1) is 7.80. The molecule has 3 nitrogen and oxygen atoms in total. The van der Waals surface area contributed by atoms with E-state index in [0.29, 0.717) is 12.5 Å². The summed E-state index contributed by atoms with van der Waals surface area (Å²) in [7, 11) is 0. The van der Waals surface area contributed by atoms with Gasteiger partial charge < -0.3 is 11.1 Å². The van der Waals surface area contributed by atoms with E-state index in [2.05, 4.69) is 19.2 Å². The van der Waals surface area contributed by atoms with Crippen LogP contribution >= 0.6 is 23.7 Å². The third kappa shape index (κ3) is 3.70. The van der Waals surface area contributed by atoms with E-state index in [0.717, 1.165) is 4.88 Å². The molecule has 3 N–H and O–H groups in total. The fraction of sp³-hybridized carbons (Fsp3) is 0.615. The number of hydrogen-bond donors (Lipinski definition) is 2. The smallest absolute Gasteiger partial charge is 0.261 e. The van der Waals surface area contributed by atoms with Crippen molar-refractivity contribution in [1.29, 1.82) is 0 Å². The van der Waals surface area contributed by atoms with Crippen molar-refractivity contribution in [2.75, 3.05) is 6.54 Å². The van der Waals surface area contributed by atoms with Crippen LogP contribution in [0.4, 0.5) is 0 Å². The number of thiophene rings is 1. The highest BCUT2D eigenvalue weighted by molar-refractivity contribution is 7.14. The molecule has 1 unspecified atom stereocenters. The maximum absolute atomic E-state index is 12.1. The molecule has 0 fully saturated rings. The number of carbonyl (C=O) groups is 1. The van der Waals surface area contributed by atoms with Gasteiger partial charge >= 0.3 is 0 Å². The van der Waals surface area contributed by atoms with Crippen molar-refractivity contribution in [3.05, 3.63) is 21.4 Å². The van der Waals surface area contributed by atoms with E-state index < -0.39 is 0 Å². The Morgan fingerprint density at radius 2 is 2.06 bits per heavy atom. The summed E-state index contributed by atoms with van der Waals surface area (Å²) in [5.41, 5.74) is 6.58. The van der Waals surface area contributed by atoms with E-state index in [9.17, 15) is 4.79 Å². The normalized spacial score (nSPS) is 13.9. The lowest BCUT2D eigenvalue weighted by molar-refractivity contribution is 0.0887. The largest absolute Gasteiger partial charge is 0.345 e. The molecular weight excluding hydrogens is 268 g/mol. The number of halogens is 1. The molecule has 0 saturated carbocycles. The van der Waals surface area contributed by atoms with Crippen molar-refractivity contribution in [1.82, 2.24) is 5.32 Å². The number of nitrogens with two attached hydrogens (primary N) is 1. The molecule has 5 heteroatoms. The number of nitrogens with one attached hydrogen (secondary N) is 1. The Labute approximate surface area is 120 Å². The third-order valence-electron chi connectivity index (χ3n) is 3.49. The van der Waals surface area contributed by atoms with Crippen LogP contribution in [-0.4, -0.2) is 18.0 Å². The van der Waals surface area contributed by atoms with E-state index in [1.54, 1.807) is 0 Å². The van der Waals surface area contributed by atoms with Crippen molar-refractivity contribution in [3.8, 4) is 0 Å². The molecule has 0 aromatic carbocycles. The summed E-state index contributed by atoms with van der Waals surface area (Å²) in [6.07, 6.45) is 0. The van der Waals surface area contributed by atoms with Crippen LogP contribution in [0.15, 0.2) is 6.07 Å². The Balaban J connectivity index is 0.00000289. The van der Waals surface area contributed by atoms with Crippen molar-refractivity contribution in [2.24, 2.45) is 11.7 Å². The van der Waals surface area contributed by atoms with Crippen LogP contribution in [0.2, 0.25) is 0 Å². The summed E-state index contributed by atoms with van der Waals surface area (Å²) in [6, 6.07) is 1.94.